The van der Waals surface area contributed by atoms with E-state index in [1.807, 2.05) is 0 Å². The molecule has 0 bridgehead atoms. The van der Waals surface area contributed by atoms with Gasteiger partial charge in [-0.15, -0.1) is 0 Å². The van der Waals surface area contributed by atoms with E-state index in [2.05, 4.69) is 24.6 Å². The van der Waals surface area contributed by atoms with Crippen LogP contribution in [-0.2, 0) is 14.3 Å². The van der Waals surface area contributed by atoms with Crippen LogP contribution in [0.1, 0.15) is 38.7 Å². The molecule has 31 heavy (non-hydrogen) atoms. The standard InChI is InChI=1S/C21H34N4O5Si/c1-21(2,3)25(20(28)29)16(17(22)26)12-15-14-8-7-9-23-18(14)24(19(15)27)13-30-10-11-31(4,5)6/h7-9,15-16H,10-13H2,1-6H3,(H2,22,26)(H,28,29). The van der Waals surface area contributed by atoms with E-state index in [4.69, 9.17) is 10.5 Å². The Labute approximate surface area is 184 Å². The number of hydrogen-bond donors (Lipinski definition) is 2. The normalized spacial score (nSPS) is 17.4. The SMILES string of the molecule is CC(C)(C)N(C(=O)O)C(CC1C(=O)N(COCC[Si](C)(C)C)c2ncccc21)C(N)=O. The Kier molecular flexibility index (Phi) is 7.48. The maximum absolute atomic E-state index is 13.3. The van der Waals surface area contributed by atoms with Gasteiger partial charge in [0.2, 0.25) is 11.8 Å². The number of hydrogen-bond acceptors (Lipinski definition) is 5. The Bertz CT molecular complexity index is 834. The van der Waals surface area contributed by atoms with Gasteiger partial charge in [0.25, 0.3) is 0 Å². The van der Waals surface area contributed by atoms with Crippen molar-refractivity contribution in [2.75, 3.05) is 18.2 Å². The highest BCUT2D eigenvalue weighted by molar-refractivity contribution is 6.76. The Balaban J connectivity index is 2.27. The van der Waals surface area contributed by atoms with Gasteiger partial charge in [-0.2, -0.15) is 0 Å². The molecule has 0 spiro atoms. The molecular weight excluding hydrogens is 416 g/mol. The number of carboxylic acid groups (broad SMARTS) is 1. The highest BCUT2D eigenvalue weighted by atomic mass is 28.3. The first kappa shape index (κ1) is 24.8. The minimum Gasteiger partial charge on any atom is -0.465 e. The fourth-order valence-corrected chi connectivity index (χ4v) is 4.44. The van der Waals surface area contributed by atoms with Crippen LogP contribution in [0.15, 0.2) is 18.3 Å². The van der Waals surface area contributed by atoms with Crippen LogP contribution in [0.5, 0.6) is 0 Å². The number of ether oxygens (including phenoxy) is 1. The minimum atomic E-state index is -1.27. The van der Waals surface area contributed by atoms with Crippen molar-refractivity contribution >= 4 is 31.8 Å². The van der Waals surface area contributed by atoms with E-state index in [9.17, 15) is 19.5 Å². The van der Waals surface area contributed by atoms with Gasteiger partial charge in [0.05, 0.1) is 5.92 Å². The summed E-state index contributed by atoms with van der Waals surface area (Å²) in [6.45, 7) is 12.4. The molecule has 0 saturated carbocycles. The largest absolute Gasteiger partial charge is 0.465 e. The highest BCUT2D eigenvalue weighted by Crippen LogP contribution is 2.39. The maximum atomic E-state index is 13.3. The molecule has 1 aromatic rings. The third kappa shape index (κ3) is 6.04. The lowest BCUT2D eigenvalue weighted by molar-refractivity contribution is -0.126. The molecule has 9 nitrogen and oxygen atoms in total. The molecule has 172 valence electrons. The van der Waals surface area contributed by atoms with Crippen molar-refractivity contribution in [3.05, 3.63) is 23.9 Å². The molecule has 2 heterocycles. The van der Waals surface area contributed by atoms with Crippen molar-refractivity contribution in [2.24, 2.45) is 5.73 Å². The van der Waals surface area contributed by atoms with Gasteiger partial charge < -0.3 is 15.6 Å². The monoisotopic (exact) mass is 450 g/mol. The third-order valence-electron chi connectivity index (χ3n) is 5.26. The summed E-state index contributed by atoms with van der Waals surface area (Å²) in [5, 5.41) is 9.72. The number of carbonyl (C=O) groups excluding carboxylic acids is 2. The molecule has 0 aromatic carbocycles. The number of pyridine rings is 1. The van der Waals surface area contributed by atoms with E-state index in [1.165, 1.54) is 4.90 Å². The van der Waals surface area contributed by atoms with Crippen molar-refractivity contribution in [1.29, 1.82) is 0 Å². The number of aromatic nitrogens is 1. The van der Waals surface area contributed by atoms with Gasteiger partial charge in [0.15, 0.2) is 0 Å². The van der Waals surface area contributed by atoms with E-state index in [-0.39, 0.29) is 19.1 Å². The van der Waals surface area contributed by atoms with E-state index >= 15 is 0 Å². The third-order valence-corrected chi connectivity index (χ3v) is 6.96. The number of nitrogens with zero attached hydrogens (tertiary/aromatic N) is 3. The fraction of sp³-hybridized carbons (Fsp3) is 0.619. The Hall–Kier alpha value is -2.46. The summed E-state index contributed by atoms with van der Waals surface area (Å²) in [4.78, 5) is 44.2. The van der Waals surface area contributed by atoms with Crippen molar-refractivity contribution < 1.29 is 24.2 Å². The summed E-state index contributed by atoms with van der Waals surface area (Å²) in [7, 11) is -1.27. The average molecular weight is 451 g/mol. The zero-order chi connectivity index (χ0) is 23.6. The van der Waals surface area contributed by atoms with Crippen LogP contribution in [0.3, 0.4) is 0 Å². The van der Waals surface area contributed by atoms with Crippen molar-refractivity contribution in [3.8, 4) is 0 Å². The molecule has 1 aliphatic heterocycles. The van der Waals surface area contributed by atoms with Gasteiger partial charge in [-0.3, -0.25) is 19.4 Å². The lowest BCUT2D eigenvalue weighted by Crippen LogP contribution is -2.56. The Morgan fingerprint density at radius 3 is 2.52 bits per heavy atom. The molecule has 1 aliphatic rings. The number of anilines is 1. The second-order valence-electron chi connectivity index (χ2n) is 10.1. The molecule has 3 N–H and O–H groups in total. The van der Waals surface area contributed by atoms with Crippen LogP contribution < -0.4 is 10.6 Å². The molecule has 3 amide bonds. The first-order chi connectivity index (χ1) is 14.2. The summed E-state index contributed by atoms with van der Waals surface area (Å²) < 4.78 is 5.77. The van der Waals surface area contributed by atoms with Gasteiger partial charge >= 0.3 is 6.09 Å². The number of nitrogens with two attached hydrogens (primary N) is 1. The van der Waals surface area contributed by atoms with Crippen LogP contribution in [0.2, 0.25) is 25.7 Å². The van der Waals surface area contributed by atoms with Gasteiger partial charge in [-0.25, -0.2) is 9.78 Å². The second-order valence-corrected chi connectivity index (χ2v) is 15.7. The lowest BCUT2D eigenvalue weighted by atomic mass is 9.91. The van der Waals surface area contributed by atoms with E-state index in [1.54, 1.807) is 39.1 Å². The average Bonchev–Trinajstić information content (AvgIpc) is 2.87. The van der Waals surface area contributed by atoms with Crippen LogP contribution >= 0.6 is 0 Å². The van der Waals surface area contributed by atoms with Crippen LogP contribution in [-0.4, -0.2) is 65.9 Å². The van der Waals surface area contributed by atoms with Gasteiger partial charge in [-0.05, 0) is 39.3 Å². The lowest BCUT2D eigenvalue weighted by Gasteiger charge is -2.38. The molecule has 0 saturated heterocycles. The van der Waals surface area contributed by atoms with Crippen molar-refractivity contribution in [2.45, 2.75) is 70.4 Å². The predicted molar refractivity (Wildman–Crippen MR) is 121 cm³/mol. The zero-order valence-corrected chi connectivity index (χ0v) is 20.2. The van der Waals surface area contributed by atoms with Crippen LogP contribution in [0.25, 0.3) is 0 Å². The number of carbonyl (C=O) groups is 3. The zero-order valence-electron chi connectivity index (χ0n) is 19.2. The molecule has 2 atom stereocenters. The highest BCUT2D eigenvalue weighted by Gasteiger charge is 2.44. The Morgan fingerprint density at radius 1 is 1.35 bits per heavy atom. The van der Waals surface area contributed by atoms with Crippen molar-refractivity contribution in [3.63, 3.8) is 0 Å². The van der Waals surface area contributed by atoms with Gasteiger partial charge in [-0.1, -0.05) is 25.7 Å². The van der Waals surface area contributed by atoms with E-state index in [0.717, 1.165) is 10.9 Å². The summed E-state index contributed by atoms with van der Waals surface area (Å²) in [6, 6.07) is 3.29. The topological polar surface area (TPSA) is 126 Å². The first-order valence-corrected chi connectivity index (χ1v) is 14.1. The predicted octanol–water partition coefficient (Wildman–Crippen LogP) is 2.85. The smallest absolute Gasteiger partial charge is 0.408 e. The second kappa shape index (κ2) is 9.35. The number of fused-ring (bicyclic) bond motifs is 1. The number of primary amides is 1. The summed E-state index contributed by atoms with van der Waals surface area (Å²) in [6.07, 6.45) is 0.273. The van der Waals surface area contributed by atoms with Crippen LogP contribution in [0, 0.1) is 0 Å². The Morgan fingerprint density at radius 2 is 2.00 bits per heavy atom. The molecule has 0 aliphatic carbocycles. The van der Waals surface area contributed by atoms with Gasteiger partial charge in [0.1, 0.15) is 18.6 Å². The molecule has 0 radical (unpaired) electrons. The number of amides is 3. The van der Waals surface area contributed by atoms with E-state index in [0.29, 0.717) is 18.0 Å². The summed E-state index contributed by atoms with van der Waals surface area (Å²) >= 11 is 0. The minimum absolute atomic E-state index is 0.0537. The molecule has 10 heteroatoms. The van der Waals surface area contributed by atoms with E-state index < -0.39 is 37.6 Å². The van der Waals surface area contributed by atoms with Crippen LogP contribution in [0.4, 0.5) is 10.6 Å². The van der Waals surface area contributed by atoms with Crippen molar-refractivity contribution in [1.82, 2.24) is 9.88 Å². The van der Waals surface area contributed by atoms with Gasteiger partial charge in [0, 0.05) is 32.0 Å². The quantitative estimate of drug-likeness (QED) is 0.440. The molecule has 1 aromatic heterocycles. The summed E-state index contributed by atoms with van der Waals surface area (Å²) in [5.41, 5.74) is 5.36. The number of rotatable bonds is 9. The maximum Gasteiger partial charge on any atom is 0.408 e. The molecule has 2 rings (SSSR count). The molecular formula is C21H34N4O5Si. The fourth-order valence-electron chi connectivity index (χ4n) is 3.68. The molecule has 2 unspecified atom stereocenters. The molecule has 0 fully saturated rings. The summed E-state index contributed by atoms with van der Waals surface area (Å²) in [5.74, 6) is -1.31. The first-order valence-electron chi connectivity index (χ1n) is 10.4.